The van der Waals surface area contributed by atoms with Crippen LogP contribution in [0.15, 0.2) is 59.3 Å². The van der Waals surface area contributed by atoms with Gasteiger partial charge in [0.05, 0.1) is 26.1 Å². The largest absolute Gasteiger partial charge is 0.493 e. The monoisotopic (exact) mass is 457 g/mol. The quantitative estimate of drug-likeness (QED) is 0.528. The van der Waals surface area contributed by atoms with Gasteiger partial charge in [-0.25, -0.2) is 4.68 Å². The first-order valence-electron chi connectivity index (χ1n) is 9.36. The number of carbonyl (C=O) groups excluding carboxylic acids is 1. The first-order valence-corrected chi connectivity index (χ1v) is 10.2. The predicted molar refractivity (Wildman–Crippen MR) is 116 cm³/mol. The van der Waals surface area contributed by atoms with Crippen molar-refractivity contribution in [1.82, 2.24) is 15.1 Å². The molecule has 29 heavy (non-hydrogen) atoms. The molecule has 0 aliphatic rings. The van der Waals surface area contributed by atoms with Crippen molar-refractivity contribution in [2.75, 3.05) is 20.8 Å². The standard InChI is InChI=1S/C22H24BrN3O3/c1-28-20-12-17(19(23)13-21(20)29-2)10-11-24-22(27)9-8-16-14-25-26(15-16)18-6-4-3-5-7-18/h3-7,12-15H,8-11H2,1-2H3,(H,24,27). The molecule has 0 aliphatic carbocycles. The lowest BCUT2D eigenvalue weighted by molar-refractivity contribution is -0.121. The smallest absolute Gasteiger partial charge is 0.220 e. The Bertz CT molecular complexity index is 957. The molecule has 0 bridgehead atoms. The lowest BCUT2D eigenvalue weighted by Crippen LogP contribution is -2.25. The van der Waals surface area contributed by atoms with Crippen molar-refractivity contribution in [3.63, 3.8) is 0 Å². The molecule has 1 amide bonds. The molecule has 0 radical (unpaired) electrons. The van der Waals surface area contributed by atoms with Crippen molar-refractivity contribution in [3.05, 3.63) is 70.5 Å². The summed E-state index contributed by atoms with van der Waals surface area (Å²) in [6, 6.07) is 13.7. The van der Waals surface area contributed by atoms with E-state index in [1.54, 1.807) is 20.4 Å². The van der Waals surface area contributed by atoms with E-state index in [1.807, 2.05) is 53.3 Å². The van der Waals surface area contributed by atoms with Crippen LogP contribution in [0.5, 0.6) is 11.5 Å². The highest BCUT2D eigenvalue weighted by molar-refractivity contribution is 9.10. The topological polar surface area (TPSA) is 65.4 Å². The summed E-state index contributed by atoms with van der Waals surface area (Å²) in [4.78, 5) is 12.2. The summed E-state index contributed by atoms with van der Waals surface area (Å²) >= 11 is 3.54. The zero-order chi connectivity index (χ0) is 20.6. The number of halogens is 1. The van der Waals surface area contributed by atoms with E-state index in [2.05, 4.69) is 26.3 Å². The molecule has 3 rings (SSSR count). The van der Waals surface area contributed by atoms with Crippen molar-refractivity contribution >= 4 is 21.8 Å². The molecular formula is C22H24BrN3O3. The Hall–Kier alpha value is -2.80. The van der Waals surface area contributed by atoms with E-state index in [0.29, 0.717) is 37.3 Å². The second-order valence-electron chi connectivity index (χ2n) is 6.53. The fourth-order valence-electron chi connectivity index (χ4n) is 2.98. The van der Waals surface area contributed by atoms with Crippen LogP contribution >= 0.6 is 15.9 Å². The average molecular weight is 458 g/mol. The Kier molecular flexibility index (Phi) is 7.30. The molecule has 0 saturated carbocycles. The number of benzene rings is 2. The third-order valence-corrected chi connectivity index (χ3v) is 5.30. The van der Waals surface area contributed by atoms with Gasteiger partial charge in [0.15, 0.2) is 11.5 Å². The number of aromatic nitrogens is 2. The van der Waals surface area contributed by atoms with Gasteiger partial charge in [-0.3, -0.25) is 4.79 Å². The maximum atomic E-state index is 12.2. The SMILES string of the molecule is COc1cc(Br)c(CCNC(=O)CCc2cnn(-c3ccccc3)c2)cc1OC. The molecule has 0 aliphatic heterocycles. The lowest BCUT2D eigenvalue weighted by atomic mass is 10.1. The maximum absolute atomic E-state index is 12.2. The number of para-hydroxylation sites is 1. The number of carbonyl (C=O) groups is 1. The van der Waals surface area contributed by atoms with E-state index in [1.165, 1.54) is 0 Å². The Morgan fingerprint density at radius 2 is 1.83 bits per heavy atom. The molecule has 1 aromatic heterocycles. The minimum absolute atomic E-state index is 0.0223. The van der Waals surface area contributed by atoms with E-state index >= 15 is 0 Å². The fourth-order valence-corrected chi connectivity index (χ4v) is 3.50. The first kappa shape index (κ1) is 20.9. The molecule has 6 nitrogen and oxygen atoms in total. The van der Waals surface area contributed by atoms with E-state index in [9.17, 15) is 4.79 Å². The Morgan fingerprint density at radius 3 is 2.55 bits per heavy atom. The van der Waals surface area contributed by atoms with Crippen molar-refractivity contribution in [3.8, 4) is 17.2 Å². The van der Waals surface area contributed by atoms with Crippen LogP contribution < -0.4 is 14.8 Å². The summed E-state index contributed by atoms with van der Waals surface area (Å²) in [6.07, 6.45) is 5.54. The number of rotatable bonds is 9. The average Bonchev–Trinajstić information content (AvgIpc) is 3.23. The van der Waals surface area contributed by atoms with Crippen LogP contribution in [-0.2, 0) is 17.6 Å². The van der Waals surface area contributed by atoms with E-state index < -0.39 is 0 Å². The molecule has 0 atom stereocenters. The van der Waals surface area contributed by atoms with Gasteiger partial charge in [-0.15, -0.1) is 0 Å². The zero-order valence-corrected chi connectivity index (χ0v) is 18.1. The lowest BCUT2D eigenvalue weighted by Gasteiger charge is -2.12. The van der Waals surface area contributed by atoms with Gasteiger partial charge in [0.25, 0.3) is 0 Å². The molecule has 0 saturated heterocycles. The third kappa shape index (κ3) is 5.60. The van der Waals surface area contributed by atoms with Crippen LogP contribution in [0.2, 0.25) is 0 Å². The molecule has 1 N–H and O–H groups in total. The summed E-state index contributed by atoms with van der Waals surface area (Å²) in [5.41, 5.74) is 3.09. The van der Waals surface area contributed by atoms with E-state index in [-0.39, 0.29) is 5.91 Å². The van der Waals surface area contributed by atoms with Crippen LogP contribution in [0, 0.1) is 0 Å². The Labute approximate surface area is 179 Å². The number of amides is 1. The number of hydrogen-bond donors (Lipinski definition) is 1. The second-order valence-corrected chi connectivity index (χ2v) is 7.38. The van der Waals surface area contributed by atoms with Gasteiger partial charge in [-0.1, -0.05) is 34.1 Å². The highest BCUT2D eigenvalue weighted by Crippen LogP contribution is 2.33. The van der Waals surface area contributed by atoms with Gasteiger partial charge in [-0.05, 0) is 48.2 Å². The minimum Gasteiger partial charge on any atom is -0.493 e. The molecule has 0 unspecified atom stereocenters. The third-order valence-electron chi connectivity index (χ3n) is 4.57. The van der Waals surface area contributed by atoms with Crippen molar-refractivity contribution < 1.29 is 14.3 Å². The summed E-state index contributed by atoms with van der Waals surface area (Å²) in [7, 11) is 3.21. The van der Waals surface area contributed by atoms with E-state index in [4.69, 9.17) is 9.47 Å². The van der Waals surface area contributed by atoms with Gasteiger partial charge in [-0.2, -0.15) is 5.10 Å². The molecule has 3 aromatic rings. The number of hydrogen-bond acceptors (Lipinski definition) is 4. The predicted octanol–water partition coefficient (Wildman–Crippen LogP) is 3.94. The van der Waals surface area contributed by atoms with E-state index in [0.717, 1.165) is 21.3 Å². The summed E-state index contributed by atoms with van der Waals surface area (Å²) < 4.78 is 13.4. The van der Waals surface area contributed by atoms with Gasteiger partial charge in [0.1, 0.15) is 0 Å². The summed E-state index contributed by atoms with van der Waals surface area (Å²) in [6.45, 7) is 0.552. The van der Waals surface area contributed by atoms with Crippen molar-refractivity contribution in [2.45, 2.75) is 19.3 Å². The maximum Gasteiger partial charge on any atom is 0.220 e. The first-order chi connectivity index (χ1) is 14.1. The molecule has 2 aromatic carbocycles. The van der Waals surface area contributed by atoms with Crippen LogP contribution in [-0.4, -0.2) is 36.5 Å². The fraction of sp³-hybridized carbons (Fsp3) is 0.273. The van der Waals surface area contributed by atoms with Crippen LogP contribution in [0.1, 0.15) is 17.5 Å². The van der Waals surface area contributed by atoms with Gasteiger partial charge in [0, 0.05) is 23.6 Å². The van der Waals surface area contributed by atoms with Crippen molar-refractivity contribution in [1.29, 1.82) is 0 Å². The Morgan fingerprint density at radius 1 is 1.10 bits per heavy atom. The number of nitrogens with zero attached hydrogens (tertiary/aromatic N) is 2. The molecular weight excluding hydrogens is 434 g/mol. The van der Waals surface area contributed by atoms with Gasteiger partial charge in [0.2, 0.25) is 5.91 Å². The summed E-state index contributed by atoms with van der Waals surface area (Å²) in [5, 5.41) is 7.34. The normalized spacial score (nSPS) is 10.6. The van der Waals surface area contributed by atoms with Crippen LogP contribution in [0.4, 0.5) is 0 Å². The number of nitrogens with one attached hydrogen (secondary N) is 1. The molecule has 1 heterocycles. The zero-order valence-electron chi connectivity index (χ0n) is 16.5. The number of ether oxygens (including phenoxy) is 2. The highest BCUT2D eigenvalue weighted by Gasteiger charge is 2.10. The van der Waals surface area contributed by atoms with Crippen LogP contribution in [0.25, 0.3) is 5.69 Å². The highest BCUT2D eigenvalue weighted by atomic mass is 79.9. The molecule has 0 spiro atoms. The Balaban J connectivity index is 1.47. The summed E-state index contributed by atoms with van der Waals surface area (Å²) in [5.74, 6) is 1.37. The van der Waals surface area contributed by atoms with Crippen LogP contribution in [0.3, 0.4) is 0 Å². The second kappa shape index (κ2) is 10.1. The van der Waals surface area contributed by atoms with Gasteiger partial charge >= 0.3 is 0 Å². The molecule has 152 valence electrons. The molecule has 0 fully saturated rings. The number of aryl methyl sites for hydroxylation is 1. The van der Waals surface area contributed by atoms with Gasteiger partial charge < -0.3 is 14.8 Å². The molecule has 7 heteroatoms. The number of methoxy groups -OCH3 is 2. The van der Waals surface area contributed by atoms with Crippen molar-refractivity contribution in [2.24, 2.45) is 0 Å². The minimum atomic E-state index is 0.0223.